The van der Waals surface area contributed by atoms with Crippen molar-refractivity contribution in [2.75, 3.05) is 41.1 Å². The molecule has 1 saturated heterocycles. The van der Waals surface area contributed by atoms with Gasteiger partial charge in [-0.15, -0.1) is 0 Å². The van der Waals surface area contributed by atoms with Crippen LogP contribution in [0.5, 0.6) is 17.2 Å². The number of benzene rings is 2. The van der Waals surface area contributed by atoms with E-state index in [0.29, 0.717) is 35.0 Å². The van der Waals surface area contributed by atoms with Crippen LogP contribution in [-0.2, 0) is 14.3 Å². The summed E-state index contributed by atoms with van der Waals surface area (Å²) < 4.78 is 21.3. The van der Waals surface area contributed by atoms with Crippen LogP contribution >= 0.6 is 0 Å². The van der Waals surface area contributed by atoms with Crippen molar-refractivity contribution in [3.63, 3.8) is 0 Å². The van der Waals surface area contributed by atoms with E-state index in [-0.39, 0.29) is 24.5 Å². The van der Waals surface area contributed by atoms with Crippen molar-refractivity contribution in [2.45, 2.75) is 13.0 Å². The SMILES string of the molecule is CCOc1cccc(C(O)=C2C(=O)C(=O)N(CCOC)C2c2ccc(OC)c(OC)c2)c1. The fourth-order valence-electron chi connectivity index (χ4n) is 3.73. The van der Waals surface area contributed by atoms with Crippen LogP contribution in [0.4, 0.5) is 0 Å². The smallest absolute Gasteiger partial charge is 0.295 e. The molecule has 0 saturated carbocycles. The molecule has 170 valence electrons. The lowest BCUT2D eigenvalue weighted by Gasteiger charge is -2.25. The average molecular weight is 441 g/mol. The Morgan fingerprint density at radius 1 is 1.03 bits per heavy atom. The maximum Gasteiger partial charge on any atom is 0.295 e. The maximum absolute atomic E-state index is 13.0. The third-order valence-corrected chi connectivity index (χ3v) is 5.22. The van der Waals surface area contributed by atoms with Gasteiger partial charge in [0.2, 0.25) is 0 Å². The van der Waals surface area contributed by atoms with Gasteiger partial charge in [-0.05, 0) is 36.8 Å². The predicted molar refractivity (Wildman–Crippen MR) is 118 cm³/mol. The standard InChI is InChI=1S/C24H27NO7/c1-5-32-17-8-6-7-16(13-17)22(26)20-21(25(11-12-29-2)24(28)23(20)27)15-9-10-18(30-3)19(14-15)31-4/h6-10,13-14,21,26H,5,11-12H2,1-4H3. The van der Waals surface area contributed by atoms with E-state index < -0.39 is 17.7 Å². The van der Waals surface area contributed by atoms with Crippen molar-refractivity contribution in [1.29, 1.82) is 0 Å². The highest BCUT2D eigenvalue weighted by atomic mass is 16.5. The Balaban J connectivity index is 2.18. The topological polar surface area (TPSA) is 94.5 Å². The van der Waals surface area contributed by atoms with Gasteiger partial charge in [0.25, 0.3) is 11.7 Å². The predicted octanol–water partition coefficient (Wildman–Crippen LogP) is 3.17. The Morgan fingerprint density at radius 3 is 2.44 bits per heavy atom. The lowest BCUT2D eigenvalue weighted by molar-refractivity contribution is -0.140. The molecule has 1 atom stereocenters. The van der Waals surface area contributed by atoms with Crippen LogP contribution in [-0.4, -0.2) is 62.8 Å². The van der Waals surface area contributed by atoms with E-state index in [4.69, 9.17) is 18.9 Å². The number of amides is 1. The molecule has 1 heterocycles. The molecule has 2 aromatic carbocycles. The van der Waals surface area contributed by atoms with Gasteiger partial charge in [0.1, 0.15) is 11.5 Å². The van der Waals surface area contributed by atoms with Gasteiger partial charge in [-0.1, -0.05) is 18.2 Å². The third kappa shape index (κ3) is 4.40. The molecule has 0 spiro atoms. The highest BCUT2D eigenvalue weighted by molar-refractivity contribution is 6.46. The van der Waals surface area contributed by atoms with Gasteiger partial charge < -0.3 is 29.0 Å². The van der Waals surface area contributed by atoms with Crippen LogP contribution in [0, 0.1) is 0 Å². The molecule has 2 aromatic rings. The van der Waals surface area contributed by atoms with Crippen molar-refractivity contribution in [3.05, 3.63) is 59.2 Å². The number of Topliss-reactive ketones (excluding diaryl/α,β-unsaturated/α-hetero) is 1. The van der Waals surface area contributed by atoms with Gasteiger partial charge in [0.15, 0.2) is 11.5 Å². The number of carbonyl (C=O) groups excluding carboxylic acids is 2. The van der Waals surface area contributed by atoms with E-state index in [1.807, 2.05) is 6.92 Å². The summed E-state index contributed by atoms with van der Waals surface area (Å²) in [5, 5.41) is 11.1. The third-order valence-electron chi connectivity index (χ3n) is 5.22. The molecule has 1 amide bonds. The van der Waals surface area contributed by atoms with E-state index in [1.165, 1.54) is 26.2 Å². The van der Waals surface area contributed by atoms with Gasteiger partial charge >= 0.3 is 0 Å². The van der Waals surface area contributed by atoms with E-state index >= 15 is 0 Å². The van der Waals surface area contributed by atoms with Gasteiger partial charge in [0, 0.05) is 19.2 Å². The lowest BCUT2D eigenvalue weighted by atomic mass is 9.95. The normalized spacial score (nSPS) is 17.5. The molecule has 1 fully saturated rings. The number of likely N-dealkylation sites (tertiary alicyclic amines) is 1. The van der Waals surface area contributed by atoms with Crippen molar-refractivity contribution in [2.24, 2.45) is 0 Å². The van der Waals surface area contributed by atoms with Crippen LogP contribution in [0.3, 0.4) is 0 Å². The number of carbonyl (C=O) groups is 2. The molecule has 0 aromatic heterocycles. The van der Waals surface area contributed by atoms with Gasteiger partial charge in [0.05, 0.1) is 39.0 Å². The highest BCUT2D eigenvalue weighted by Gasteiger charge is 2.46. The Kier molecular flexibility index (Phi) is 7.37. The van der Waals surface area contributed by atoms with Crippen LogP contribution < -0.4 is 14.2 Å². The molecule has 32 heavy (non-hydrogen) atoms. The zero-order valence-electron chi connectivity index (χ0n) is 18.6. The van der Waals surface area contributed by atoms with E-state index in [0.717, 1.165) is 0 Å². The van der Waals surface area contributed by atoms with Crippen LogP contribution in [0.15, 0.2) is 48.0 Å². The number of nitrogens with zero attached hydrogens (tertiary/aromatic N) is 1. The lowest BCUT2D eigenvalue weighted by Crippen LogP contribution is -2.32. The number of aliphatic hydroxyl groups is 1. The maximum atomic E-state index is 13.0. The number of hydrogen-bond acceptors (Lipinski definition) is 7. The summed E-state index contributed by atoms with van der Waals surface area (Å²) in [6.07, 6.45) is 0. The monoisotopic (exact) mass is 441 g/mol. The van der Waals surface area contributed by atoms with Gasteiger partial charge in [-0.25, -0.2) is 0 Å². The molecule has 1 unspecified atom stereocenters. The first-order valence-electron chi connectivity index (χ1n) is 10.2. The van der Waals surface area contributed by atoms with Crippen molar-refractivity contribution in [1.82, 2.24) is 4.90 Å². The Hall–Kier alpha value is -3.52. The Labute approximate surface area is 187 Å². The minimum atomic E-state index is -0.819. The van der Waals surface area contributed by atoms with Crippen molar-refractivity contribution < 1.29 is 33.6 Å². The Morgan fingerprint density at radius 2 is 1.78 bits per heavy atom. The summed E-state index contributed by atoms with van der Waals surface area (Å²) in [6, 6.07) is 11.1. The fourth-order valence-corrected chi connectivity index (χ4v) is 3.73. The summed E-state index contributed by atoms with van der Waals surface area (Å²) in [5.41, 5.74) is 0.971. The highest BCUT2D eigenvalue weighted by Crippen LogP contribution is 2.42. The van der Waals surface area contributed by atoms with Crippen molar-refractivity contribution in [3.8, 4) is 17.2 Å². The summed E-state index contributed by atoms with van der Waals surface area (Å²) in [5.74, 6) is -0.239. The van der Waals surface area contributed by atoms with E-state index in [2.05, 4.69) is 0 Å². The number of hydrogen-bond donors (Lipinski definition) is 1. The Bertz CT molecular complexity index is 1030. The first kappa shape index (κ1) is 23.1. The summed E-state index contributed by atoms with van der Waals surface area (Å²) in [4.78, 5) is 27.3. The van der Waals surface area contributed by atoms with Crippen LogP contribution in [0.1, 0.15) is 24.1 Å². The second-order valence-electron chi connectivity index (χ2n) is 7.06. The molecule has 3 rings (SSSR count). The molecule has 1 aliphatic heterocycles. The average Bonchev–Trinajstić information content (AvgIpc) is 3.07. The molecule has 8 nitrogen and oxygen atoms in total. The number of rotatable bonds is 9. The minimum absolute atomic E-state index is 0.00743. The first-order valence-corrected chi connectivity index (χ1v) is 10.2. The molecule has 1 N–H and O–H groups in total. The molecule has 0 bridgehead atoms. The summed E-state index contributed by atoms with van der Waals surface area (Å²) in [7, 11) is 4.54. The largest absolute Gasteiger partial charge is 0.507 e. The quantitative estimate of drug-likeness (QED) is 0.363. The first-order chi connectivity index (χ1) is 15.5. The van der Waals surface area contributed by atoms with Crippen LogP contribution in [0.2, 0.25) is 0 Å². The van der Waals surface area contributed by atoms with Crippen molar-refractivity contribution >= 4 is 17.4 Å². The van der Waals surface area contributed by atoms with Gasteiger partial charge in [-0.2, -0.15) is 0 Å². The molecule has 8 heteroatoms. The fraction of sp³-hybridized carbons (Fsp3) is 0.333. The molecule has 1 aliphatic rings. The number of ether oxygens (including phenoxy) is 4. The van der Waals surface area contributed by atoms with E-state index in [9.17, 15) is 14.7 Å². The number of aliphatic hydroxyl groups excluding tert-OH is 1. The van der Waals surface area contributed by atoms with Crippen LogP contribution in [0.25, 0.3) is 5.76 Å². The molecular formula is C24H27NO7. The minimum Gasteiger partial charge on any atom is -0.507 e. The second kappa shape index (κ2) is 10.2. The zero-order chi connectivity index (χ0) is 23.3. The molecule has 0 radical (unpaired) electrons. The zero-order valence-corrected chi connectivity index (χ0v) is 18.6. The van der Waals surface area contributed by atoms with E-state index in [1.54, 1.807) is 42.5 Å². The molecular weight excluding hydrogens is 414 g/mol. The number of methoxy groups -OCH3 is 3. The second-order valence-corrected chi connectivity index (χ2v) is 7.06. The summed E-state index contributed by atoms with van der Waals surface area (Å²) in [6.45, 7) is 2.72. The summed E-state index contributed by atoms with van der Waals surface area (Å²) >= 11 is 0. The molecule has 0 aliphatic carbocycles. The number of ketones is 1. The van der Waals surface area contributed by atoms with Gasteiger partial charge in [-0.3, -0.25) is 9.59 Å².